The zero-order chi connectivity index (χ0) is 5.82. The summed E-state index contributed by atoms with van der Waals surface area (Å²) in [6.07, 6.45) is 3.48. The second-order valence-electron chi connectivity index (χ2n) is 1.56. The standard InChI is InChI=1S/C6H8N2.H3N.H2/c7-5-6-1-3-8-4-2-6;;/h1-4H,5,7H2;1H3;1H. The van der Waals surface area contributed by atoms with Gasteiger partial charge in [-0.25, -0.2) is 0 Å². The van der Waals surface area contributed by atoms with Crippen LogP contribution in [0.1, 0.15) is 6.99 Å². The third-order valence-electron chi connectivity index (χ3n) is 0.985. The van der Waals surface area contributed by atoms with Crippen LogP contribution in [0.3, 0.4) is 0 Å². The van der Waals surface area contributed by atoms with Gasteiger partial charge < -0.3 is 11.9 Å². The van der Waals surface area contributed by atoms with Gasteiger partial charge in [-0.3, -0.25) is 4.98 Å². The number of nitrogens with zero attached hydrogens (tertiary/aromatic N) is 1. The Balaban J connectivity index is 0. The first-order chi connectivity index (χ1) is 3.93. The molecule has 1 heterocycles. The normalized spacial score (nSPS) is 8.11. The fourth-order valence-corrected chi connectivity index (χ4v) is 0.519. The summed E-state index contributed by atoms with van der Waals surface area (Å²) in [7, 11) is 0. The third-order valence-corrected chi connectivity index (χ3v) is 0.985. The minimum atomic E-state index is 0. The molecule has 0 aliphatic carbocycles. The molecule has 5 N–H and O–H groups in total. The van der Waals surface area contributed by atoms with E-state index in [1.54, 1.807) is 12.4 Å². The van der Waals surface area contributed by atoms with Crippen LogP contribution in [0, 0.1) is 0 Å². The van der Waals surface area contributed by atoms with Gasteiger partial charge in [0.1, 0.15) is 0 Å². The summed E-state index contributed by atoms with van der Waals surface area (Å²) in [5.41, 5.74) is 6.45. The molecular weight excluding hydrogens is 114 g/mol. The molecule has 0 aliphatic rings. The highest BCUT2D eigenvalue weighted by Crippen LogP contribution is 1.91. The first kappa shape index (κ1) is 8.07. The van der Waals surface area contributed by atoms with Crippen LogP contribution in [0.25, 0.3) is 0 Å². The van der Waals surface area contributed by atoms with Gasteiger partial charge in [-0.15, -0.1) is 0 Å². The summed E-state index contributed by atoms with van der Waals surface area (Å²) in [6, 6.07) is 3.81. The largest absolute Gasteiger partial charge is 0.344 e. The van der Waals surface area contributed by atoms with E-state index in [9.17, 15) is 0 Å². The number of hydrogen-bond acceptors (Lipinski definition) is 3. The van der Waals surface area contributed by atoms with Gasteiger partial charge >= 0.3 is 0 Å². The van der Waals surface area contributed by atoms with Crippen LogP contribution in [0.4, 0.5) is 0 Å². The Morgan fingerprint density at radius 3 is 2.33 bits per heavy atom. The van der Waals surface area contributed by atoms with E-state index < -0.39 is 0 Å². The Morgan fingerprint density at radius 1 is 1.44 bits per heavy atom. The molecule has 0 unspecified atom stereocenters. The van der Waals surface area contributed by atoms with Crippen molar-refractivity contribution >= 4 is 0 Å². The zero-order valence-corrected chi connectivity index (χ0v) is 5.25. The van der Waals surface area contributed by atoms with E-state index in [0.717, 1.165) is 5.56 Å². The van der Waals surface area contributed by atoms with Crippen LogP contribution in [-0.4, -0.2) is 4.98 Å². The quantitative estimate of drug-likeness (QED) is 0.589. The summed E-state index contributed by atoms with van der Waals surface area (Å²) in [6.45, 7) is 0.600. The van der Waals surface area contributed by atoms with Crippen LogP contribution in [0.2, 0.25) is 0 Å². The zero-order valence-electron chi connectivity index (χ0n) is 5.25. The molecule has 0 spiro atoms. The van der Waals surface area contributed by atoms with Gasteiger partial charge in [0.05, 0.1) is 0 Å². The van der Waals surface area contributed by atoms with Crippen molar-refractivity contribution in [2.45, 2.75) is 6.54 Å². The van der Waals surface area contributed by atoms with E-state index in [1.807, 2.05) is 12.1 Å². The monoisotopic (exact) mass is 127 g/mol. The Labute approximate surface area is 56.0 Å². The van der Waals surface area contributed by atoms with E-state index in [-0.39, 0.29) is 7.58 Å². The van der Waals surface area contributed by atoms with E-state index in [0.29, 0.717) is 6.54 Å². The van der Waals surface area contributed by atoms with Gasteiger partial charge in [-0.05, 0) is 17.7 Å². The van der Waals surface area contributed by atoms with Gasteiger partial charge in [0.25, 0.3) is 0 Å². The predicted octanol–water partition coefficient (Wildman–Crippen LogP) is 0.948. The van der Waals surface area contributed by atoms with Crippen LogP contribution in [0.15, 0.2) is 24.5 Å². The topological polar surface area (TPSA) is 73.9 Å². The molecule has 0 amide bonds. The van der Waals surface area contributed by atoms with Crippen LogP contribution in [0.5, 0.6) is 0 Å². The molecule has 1 rings (SSSR count). The Hall–Kier alpha value is -0.930. The van der Waals surface area contributed by atoms with E-state index in [2.05, 4.69) is 4.98 Å². The van der Waals surface area contributed by atoms with Crippen molar-refractivity contribution in [3.8, 4) is 0 Å². The maximum atomic E-state index is 5.32. The lowest BCUT2D eigenvalue weighted by Crippen LogP contribution is -1.94. The van der Waals surface area contributed by atoms with Crippen molar-refractivity contribution in [3.63, 3.8) is 0 Å². The molecule has 0 aromatic carbocycles. The lowest BCUT2D eigenvalue weighted by molar-refractivity contribution is 1.06. The SMILES string of the molecule is N.NCc1ccncc1.[HH]. The molecule has 3 heteroatoms. The fraction of sp³-hybridized carbons (Fsp3) is 0.167. The molecule has 0 radical (unpaired) electrons. The molecule has 3 nitrogen and oxygen atoms in total. The minimum Gasteiger partial charge on any atom is -0.344 e. The molecule has 0 bridgehead atoms. The maximum Gasteiger partial charge on any atom is 0.0271 e. The van der Waals surface area contributed by atoms with Crippen LogP contribution >= 0.6 is 0 Å². The Morgan fingerprint density at radius 2 is 2.00 bits per heavy atom. The van der Waals surface area contributed by atoms with E-state index >= 15 is 0 Å². The average Bonchev–Trinajstić information content (AvgIpc) is 1.90. The molecule has 9 heavy (non-hydrogen) atoms. The van der Waals surface area contributed by atoms with Crippen molar-refractivity contribution in [2.24, 2.45) is 5.73 Å². The summed E-state index contributed by atoms with van der Waals surface area (Å²) in [5.74, 6) is 0. The number of hydrogen-bond donors (Lipinski definition) is 2. The summed E-state index contributed by atoms with van der Waals surface area (Å²) < 4.78 is 0. The third kappa shape index (κ3) is 2.21. The van der Waals surface area contributed by atoms with Crippen molar-refractivity contribution in [1.29, 1.82) is 0 Å². The highest BCUT2D eigenvalue weighted by atomic mass is 14.6. The van der Waals surface area contributed by atoms with Crippen molar-refractivity contribution in [1.82, 2.24) is 11.1 Å². The number of nitrogens with two attached hydrogens (primary N) is 1. The minimum absolute atomic E-state index is 0. The Kier molecular flexibility index (Phi) is 3.59. The summed E-state index contributed by atoms with van der Waals surface area (Å²) in [4.78, 5) is 3.84. The second-order valence-corrected chi connectivity index (χ2v) is 1.56. The van der Waals surface area contributed by atoms with E-state index in [4.69, 9.17) is 5.73 Å². The lowest BCUT2D eigenvalue weighted by Gasteiger charge is -1.89. The number of rotatable bonds is 1. The van der Waals surface area contributed by atoms with E-state index in [1.165, 1.54) is 0 Å². The van der Waals surface area contributed by atoms with Crippen molar-refractivity contribution < 1.29 is 1.43 Å². The smallest absolute Gasteiger partial charge is 0.0271 e. The highest BCUT2D eigenvalue weighted by molar-refractivity contribution is 5.08. The highest BCUT2D eigenvalue weighted by Gasteiger charge is 1.80. The molecule has 0 fully saturated rings. The second kappa shape index (κ2) is 4.00. The predicted molar refractivity (Wildman–Crippen MR) is 39.3 cm³/mol. The lowest BCUT2D eigenvalue weighted by atomic mass is 10.3. The van der Waals surface area contributed by atoms with Gasteiger partial charge in [-0.2, -0.15) is 0 Å². The maximum absolute atomic E-state index is 5.32. The first-order valence-electron chi connectivity index (χ1n) is 2.52. The molecule has 0 saturated heterocycles. The molecule has 0 saturated carbocycles. The van der Waals surface area contributed by atoms with Crippen molar-refractivity contribution in [3.05, 3.63) is 30.1 Å². The molecule has 1 aromatic heterocycles. The number of aromatic nitrogens is 1. The first-order valence-corrected chi connectivity index (χ1v) is 2.52. The van der Waals surface area contributed by atoms with Crippen LogP contribution < -0.4 is 11.9 Å². The molecule has 1 aromatic rings. The average molecular weight is 127 g/mol. The molecule has 0 atom stereocenters. The fourth-order valence-electron chi connectivity index (χ4n) is 0.519. The van der Waals surface area contributed by atoms with Gasteiger partial charge in [0.2, 0.25) is 0 Å². The van der Waals surface area contributed by atoms with Gasteiger partial charge in [-0.1, -0.05) is 0 Å². The van der Waals surface area contributed by atoms with Crippen LogP contribution in [-0.2, 0) is 6.54 Å². The van der Waals surface area contributed by atoms with Gasteiger partial charge in [0.15, 0.2) is 0 Å². The van der Waals surface area contributed by atoms with Gasteiger partial charge in [0, 0.05) is 20.4 Å². The molecular formula is C6H13N3. The molecule has 52 valence electrons. The summed E-state index contributed by atoms with van der Waals surface area (Å²) in [5, 5.41) is 0. The number of pyridine rings is 1. The Bertz CT molecular complexity index is 154. The van der Waals surface area contributed by atoms with Crippen molar-refractivity contribution in [2.75, 3.05) is 0 Å². The summed E-state index contributed by atoms with van der Waals surface area (Å²) >= 11 is 0. The molecule has 0 aliphatic heterocycles.